The summed E-state index contributed by atoms with van der Waals surface area (Å²) in [7, 11) is 0. The van der Waals surface area contributed by atoms with Crippen LogP contribution in [0.4, 0.5) is 0 Å². The Morgan fingerprint density at radius 1 is 0.621 bits per heavy atom. The van der Waals surface area contributed by atoms with Crippen LogP contribution in [0.5, 0.6) is 0 Å². The lowest BCUT2D eigenvalue weighted by Crippen LogP contribution is -2.25. The lowest BCUT2D eigenvalue weighted by Gasteiger charge is -2.21. The molecule has 0 aliphatic rings. The van der Waals surface area contributed by atoms with Gasteiger partial charge in [0.25, 0.3) is 0 Å². The van der Waals surface area contributed by atoms with E-state index in [4.69, 9.17) is 5.11 Å². The third-order valence-corrected chi connectivity index (χ3v) is 6.22. The van der Waals surface area contributed by atoms with Gasteiger partial charge >= 0.3 is 11.9 Å². The van der Waals surface area contributed by atoms with Gasteiger partial charge in [0.15, 0.2) is 0 Å². The Bertz CT molecular complexity index is 394. The van der Waals surface area contributed by atoms with Crippen molar-refractivity contribution < 1.29 is 19.8 Å². The van der Waals surface area contributed by atoms with Crippen LogP contribution < -0.4 is 0 Å². The van der Waals surface area contributed by atoms with Crippen molar-refractivity contribution in [1.29, 1.82) is 0 Å². The summed E-state index contributed by atoms with van der Waals surface area (Å²) in [6.45, 7) is 4.15. The Hall–Kier alpha value is -1.06. The number of aliphatic carboxylic acids is 2. The van der Waals surface area contributed by atoms with E-state index in [2.05, 4.69) is 6.92 Å². The van der Waals surface area contributed by atoms with E-state index in [0.29, 0.717) is 12.8 Å². The van der Waals surface area contributed by atoms with Crippen LogP contribution in [0, 0.1) is 11.8 Å². The third kappa shape index (κ3) is 17.5. The summed E-state index contributed by atoms with van der Waals surface area (Å²) in [5.41, 5.74) is 0. The van der Waals surface area contributed by atoms with Crippen LogP contribution in [-0.4, -0.2) is 22.2 Å². The molecule has 0 aromatic carbocycles. The molecular formula is C25H48O4. The molecule has 0 heterocycles. The number of hydrogen-bond acceptors (Lipinski definition) is 2. The molecule has 4 nitrogen and oxygen atoms in total. The fourth-order valence-corrected chi connectivity index (χ4v) is 4.27. The quantitative estimate of drug-likeness (QED) is 0.178. The van der Waals surface area contributed by atoms with Crippen molar-refractivity contribution in [2.75, 3.05) is 0 Å². The molecule has 172 valence electrons. The molecule has 29 heavy (non-hydrogen) atoms. The van der Waals surface area contributed by atoms with Gasteiger partial charge < -0.3 is 10.2 Å². The van der Waals surface area contributed by atoms with Crippen molar-refractivity contribution in [3.63, 3.8) is 0 Å². The number of hydrogen-bond donors (Lipinski definition) is 2. The molecule has 0 aromatic rings. The topological polar surface area (TPSA) is 74.6 Å². The molecule has 0 amide bonds. The molecule has 0 fully saturated rings. The molecule has 0 radical (unpaired) electrons. The van der Waals surface area contributed by atoms with Gasteiger partial charge in [0, 0.05) is 6.42 Å². The Kier molecular flexibility index (Phi) is 19.5. The van der Waals surface area contributed by atoms with Crippen molar-refractivity contribution in [3.8, 4) is 0 Å². The first-order valence-electron chi connectivity index (χ1n) is 12.5. The fraction of sp³-hybridized carbons (Fsp3) is 0.920. The lowest BCUT2D eigenvalue weighted by molar-refractivity contribution is -0.146. The predicted molar refractivity (Wildman–Crippen MR) is 121 cm³/mol. The number of carboxylic acid groups (broad SMARTS) is 2. The zero-order chi connectivity index (χ0) is 21.7. The Morgan fingerprint density at radius 3 is 1.31 bits per heavy atom. The molecule has 2 unspecified atom stereocenters. The monoisotopic (exact) mass is 412 g/mol. The number of unbranched alkanes of at least 4 members (excludes halogenated alkanes) is 15. The van der Waals surface area contributed by atoms with E-state index in [1.165, 1.54) is 89.9 Å². The molecule has 0 saturated heterocycles. The largest absolute Gasteiger partial charge is 0.481 e. The van der Waals surface area contributed by atoms with Gasteiger partial charge in [-0.05, 0) is 12.3 Å². The molecule has 0 saturated carbocycles. The van der Waals surface area contributed by atoms with Gasteiger partial charge in [-0.1, -0.05) is 123 Å². The minimum Gasteiger partial charge on any atom is -0.481 e. The van der Waals surface area contributed by atoms with Crippen molar-refractivity contribution >= 4 is 11.9 Å². The SMILES string of the molecule is CCCCCCCCCCCCCCCCCCC(C(=O)O)C(CC)CC(=O)O. The van der Waals surface area contributed by atoms with Crippen LogP contribution in [0.1, 0.15) is 136 Å². The number of rotatable bonds is 22. The maximum atomic E-state index is 11.5. The summed E-state index contributed by atoms with van der Waals surface area (Å²) in [6.07, 6.45) is 22.0. The summed E-state index contributed by atoms with van der Waals surface area (Å²) < 4.78 is 0. The summed E-state index contributed by atoms with van der Waals surface area (Å²) in [6, 6.07) is 0. The van der Waals surface area contributed by atoms with E-state index in [1.807, 2.05) is 6.92 Å². The summed E-state index contributed by atoms with van der Waals surface area (Å²) >= 11 is 0. The minimum absolute atomic E-state index is 0.0354. The van der Waals surface area contributed by atoms with Crippen LogP contribution in [0.15, 0.2) is 0 Å². The normalized spacial score (nSPS) is 13.3. The van der Waals surface area contributed by atoms with Crippen LogP contribution in [0.3, 0.4) is 0 Å². The third-order valence-electron chi connectivity index (χ3n) is 6.22. The molecule has 2 atom stereocenters. The Balaban J connectivity index is 3.53. The molecule has 2 N–H and O–H groups in total. The maximum Gasteiger partial charge on any atom is 0.306 e. The van der Waals surface area contributed by atoms with E-state index in [9.17, 15) is 14.7 Å². The fourth-order valence-electron chi connectivity index (χ4n) is 4.27. The number of carboxylic acids is 2. The van der Waals surface area contributed by atoms with E-state index in [1.54, 1.807) is 0 Å². The van der Waals surface area contributed by atoms with Gasteiger partial charge in [-0.15, -0.1) is 0 Å². The molecule has 0 aromatic heterocycles. The molecule has 0 rings (SSSR count). The van der Waals surface area contributed by atoms with Gasteiger partial charge in [0.1, 0.15) is 0 Å². The second-order valence-electron chi connectivity index (χ2n) is 8.80. The van der Waals surface area contributed by atoms with Crippen LogP contribution >= 0.6 is 0 Å². The highest BCUT2D eigenvalue weighted by Crippen LogP contribution is 2.26. The molecular weight excluding hydrogens is 364 g/mol. The standard InChI is InChI=1S/C25H48O4/c1-3-5-6-7-8-9-10-11-12-13-14-15-16-17-18-19-20-23(25(28)29)22(4-2)21-24(26)27/h22-23H,3-21H2,1-2H3,(H,26,27)(H,28,29). The first-order chi connectivity index (χ1) is 14.0. The average molecular weight is 413 g/mol. The molecule has 4 heteroatoms. The van der Waals surface area contributed by atoms with Crippen LogP contribution in [-0.2, 0) is 9.59 Å². The highest BCUT2D eigenvalue weighted by molar-refractivity contribution is 5.72. The smallest absolute Gasteiger partial charge is 0.306 e. The van der Waals surface area contributed by atoms with E-state index < -0.39 is 17.9 Å². The van der Waals surface area contributed by atoms with Gasteiger partial charge in [0.05, 0.1) is 5.92 Å². The molecule has 0 aliphatic carbocycles. The van der Waals surface area contributed by atoms with Gasteiger partial charge in [0.2, 0.25) is 0 Å². The summed E-state index contributed by atoms with van der Waals surface area (Å²) in [5, 5.41) is 18.4. The van der Waals surface area contributed by atoms with E-state index >= 15 is 0 Å². The second-order valence-corrected chi connectivity index (χ2v) is 8.80. The van der Waals surface area contributed by atoms with E-state index in [-0.39, 0.29) is 12.3 Å². The van der Waals surface area contributed by atoms with Gasteiger partial charge in [-0.2, -0.15) is 0 Å². The Labute approximate surface area is 179 Å². The molecule has 0 bridgehead atoms. The van der Waals surface area contributed by atoms with Crippen molar-refractivity contribution in [2.45, 2.75) is 136 Å². The Morgan fingerprint density at radius 2 is 1.00 bits per heavy atom. The van der Waals surface area contributed by atoms with Crippen LogP contribution in [0.2, 0.25) is 0 Å². The van der Waals surface area contributed by atoms with Crippen molar-refractivity contribution in [2.24, 2.45) is 11.8 Å². The van der Waals surface area contributed by atoms with Crippen molar-refractivity contribution in [3.05, 3.63) is 0 Å². The second kappa shape index (κ2) is 20.2. The van der Waals surface area contributed by atoms with E-state index in [0.717, 1.165) is 12.8 Å². The first kappa shape index (κ1) is 27.9. The molecule has 0 aliphatic heterocycles. The highest BCUT2D eigenvalue weighted by Gasteiger charge is 2.28. The zero-order valence-corrected chi connectivity index (χ0v) is 19.3. The van der Waals surface area contributed by atoms with Crippen molar-refractivity contribution in [1.82, 2.24) is 0 Å². The predicted octanol–water partition coefficient (Wildman–Crippen LogP) is 7.84. The zero-order valence-electron chi connectivity index (χ0n) is 19.3. The molecule has 0 spiro atoms. The first-order valence-corrected chi connectivity index (χ1v) is 12.5. The maximum absolute atomic E-state index is 11.5. The average Bonchev–Trinajstić information content (AvgIpc) is 2.68. The van der Waals surface area contributed by atoms with Gasteiger partial charge in [-0.3, -0.25) is 9.59 Å². The summed E-state index contributed by atoms with van der Waals surface area (Å²) in [4.78, 5) is 22.4. The number of carbonyl (C=O) groups is 2. The minimum atomic E-state index is -0.893. The summed E-state index contributed by atoms with van der Waals surface area (Å²) in [5.74, 6) is -2.49. The van der Waals surface area contributed by atoms with Gasteiger partial charge in [-0.25, -0.2) is 0 Å². The van der Waals surface area contributed by atoms with Crippen LogP contribution in [0.25, 0.3) is 0 Å². The highest BCUT2D eigenvalue weighted by atomic mass is 16.4. The lowest BCUT2D eigenvalue weighted by atomic mass is 9.83.